The van der Waals surface area contributed by atoms with Gasteiger partial charge in [0.15, 0.2) is 11.0 Å². The van der Waals surface area contributed by atoms with Crippen LogP contribution in [0.3, 0.4) is 0 Å². The zero-order chi connectivity index (χ0) is 25.5. The molecule has 2 N–H and O–H groups in total. The number of hydrogen-bond donors (Lipinski definition) is 2. The fourth-order valence-electron chi connectivity index (χ4n) is 3.32. The standard InChI is InChI=1S/C25H27Cl2N5O2S/c1-5-12-32-23(22(15(2)3)29-24(34)19-11-8-17(26)13-20(19)27)30-31-25(32)35-14-21(33)28-18-9-6-16(4)7-10-18/h5-11,13,15,22H,1,12,14H2,2-4H3,(H,28,33)(H,29,34)/t22-/m0/s1. The molecule has 1 heterocycles. The van der Waals surface area contributed by atoms with Crippen molar-refractivity contribution in [2.45, 2.75) is 38.5 Å². The molecule has 3 rings (SSSR count). The number of allylic oxidation sites excluding steroid dienone is 1. The molecule has 0 saturated carbocycles. The minimum Gasteiger partial charge on any atom is -0.342 e. The zero-order valence-electron chi connectivity index (χ0n) is 19.7. The van der Waals surface area contributed by atoms with Crippen LogP contribution < -0.4 is 10.6 Å². The number of thioether (sulfide) groups is 1. The molecule has 0 spiro atoms. The SMILES string of the molecule is C=CCn1c(SCC(=O)Nc2ccc(C)cc2)nnc1[C@@H](NC(=O)c1ccc(Cl)cc1Cl)C(C)C. The normalized spacial score (nSPS) is 11.8. The lowest BCUT2D eigenvalue weighted by Gasteiger charge is -2.23. The van der Waals surface area contributed by atoms with Gasteiger partial charge in [-0.3, -0.25) is 9.59 Å². The average Bonchev–Trinajstić information content (AvgIpc) is 3.19. The molecular weight excluding hydrogens is 505 g/mol. The van der Waals surface area contributed by atoms with Crippen molar-refractivity contribution < 1.29 is 9.59 Å². The molecule has 35 heavy (non-hydrogen) atoms. The maximum Gasteiger partial charge on any atom is 0.253 e. The molecule has 0 aliphatic heterocycles. The van der Waals surface area contributed by atoms with Gasteiger partial charge in [0.25, 0.3) is 5.91 Å². The second kappa shape index (κ2) is 12.2. The van der Waals surface area contributed by atoms with Crippen LogP contribution in [0.1, 0.15) is 41.6 Å². The monoisotopic (exact) mass is 531 g/mol. The number of hydrogen-bond acceptors (Lipinski definition) is 5. The highest BCUT2D eigenvalue weighted by atomic mass is 35.5. The topological polar surface area (TPSA) is 88.9 Å². The van der Waals surface area contributed by atoms with Crippen LogP contribution in [-0.4, -0.2) is 32.3 Å². The first-order valence-corrected chi connectivity index (χ1v) is 12.7. The van der Waals surface area contributed by atoms with E-state index in [0.29, 0.717) is 28.1 Å². The predicted molar refractivity (Wildman–Crippen MR) is 142 cm³/mol. The number of halogens is 2. The van der Waals surface area contributed by atoms with Gasteiger partial charge in [-0.05, 0) is 43.2 Å². The molecule has 0 aliphatic carbocycles. The second-order valence-corrected chi connectivity index (χ2v) is 10.0. The molecule has 0 radical (unpaired) electrons. The summed E-state index contributed by atoms with van der Waals surface area (Å²) in [4.78, 5) is 25.4. The Hall–Kier alpha value is -2.81. The van der Waals surface area contributed by atoms with Gasteiger partial charge in [-0.15, -0.1) is 16.8 Å². The zero-order valence-corrected chi connectivity index (χ0v) is 22.0. The van der Waals surface area contributed by atoms with Crippen LogP contribution in [0, 0.1) is 12.8 Å². The Balaban J connectivity index is 1.76. The van der Waals surface area contributed by atoms with E-state index in [2.05, 4.69) is 27.4 Å². The first-order valence-electron chi connectivity index (χ1n) is 11.0. The Bertz CT molecular complexity index is 1210. The van der Waals surface area contributed by atoms with Gasteiger partial charge in [0.2, 0.25) is 5.91 Å². The summed E-state index contributed by atoms with van der Waals surface area (Å²) < 4.78 is 1.85. The van der Waals surface area contributed by atoms with Crippen LogP contribution >= 0.6 is 35.0 Å². The van der Waals surface area contributed by atoms with Crippen LogP contribution in [0.25, 0.3) is 0 Å². The van der Waals surface area contributed by atoms with E-state index in [4.69, 9.17) is 23.2 Å². The summed E-state index contributed by atoms with van der Waals surface area (Å²) in [5.41, 5.74) is 2.17. The lowest BCUT2D eigenvalue weighted by atomic mass is 10.0. The van der Waals surface area contributed by atoms with Crippen molar-refractivity contribution >= 4 is 52.5 Å². The smallest absolute Gasteiger partial charge is 0.253 e. The molecule has 0 fully saturated rings. The quantitative estimate of drug-likeness (QED) is 0.249. The third-order valence-corrected chi connectivity index (χ3v) is 6.65. The number of nitrogens with one attached hydrogen (secondary N) is 2. The van der Waals surface area contributed by atoms with E-state index in [-0.39, 0.29) is 28.5 Å². The Kier molecular flexibility index (Phi) is 9.37. The van der Waals surface area contributed by atoms with E-state index in [1.54, 1.807) is 18.2 Å². The molecule has 0 unspecified atom stereocenters. The van der Waals surface area contributed by atoms with Crippen molar-refractivity contribution in [3.05, 3.63) is 82.1 Å². The summed E-state index contributed by atoms with van der Waals surface area (Å²) in [7, 11) is 0. The van der Waals surface area contributed by atoms with Crippen molar-refractivity contribution in [2.75, 3.05) is 11.1 Å². The highest BCUT2D eigenvalue weighted by molar-refractivity contribution is 7.99. The Morgan fingerprint density at radius 1 is 1.14 bits per heavy atom. The van der Waals surface area contributed by atoms with E-state index in [9.17, 15) is 9.59 Å². The highest BCUT2D eigenvalue weighted by Crippen LogP contribution is 2.27. The van der Waals surface area contributed by atoms with Crippen LogP contribution in [0.15, 0.2) is 60.3 Å². The summed E-state index contributed by atoms with van der Waals surface area (Å²) in [6.45, 7) is 10.2. The Morgan fingerprint density at radius 3 is 2.49 bits per heavy atom. The third-order valence-electron chi connectivity index (χ3n) is 5.13. The van der Waals surface area contributed by atoms with Gasteiger partial charge in [0, 0.05) is 17.3 Å². The van der Waals surface area contributed by atoms with Gasteiger partial charge in [-0.2, -0.15) is 0 Å². The van der Waals surface area contributed by atoms with Crippen molar-refractivity contribution in [2.24, 2.45) is 5.92 Å². The largest absolute Gasteiger partial charge is 0.342 e. The number of benzene rings is 2. The van der Waals surface area contributed by atoms with E-state index in [0.717, 1.165) is 11.3 Å². The van der Waals surface area contributed by atoms with Crippen molar-refractivity contribution in [3.63, 3.8) is 0 Å². The number of amides is 2. The summed E-state index contributed by atoms with van der Waals surface area (Å²) in [5.74, 6) is 0.229. The molecule has 2 amide bonds. The van der Waals surface area contributed by atoms with Gasteiger partial charge in [-0.25, -0.2) is 0 Å². The van der Waals surface area contributed by atoms with Crippen LogP contribution in [0.5, 0.6) is 0 Å². The van der Waals surface area contributed by atoms with Crippen molar-refractivity contribution in [1.29, 1.82) is 0 Å². The number of carbonyl (C=O) groups excluding carboxylic acids is 2. The molecule has 0 bridgehead atoms. The molecule has 3 aromatic rings. The average molecular weight is 532 g/mol. The molecule has 10 heteroatoms. The van der Waals surface area contributed by atoms with Crippen LogP contribution in [0.2, 0.25) is 10.0 Å². The van der Waals surface area contributed by atoms with E-state index < -0.39 is 6.04 Å². The van der Waals surface area contributed by atoms with Crippen molar-refractivity contribution in [3.8, 4) is 0 Å². The van der Waals surface area contributed by atoms with E-state index in [1.807, 2.05) is 49.6 Å². The van der Waals surface area contributed by atoms with Gasteiger partial charge >= 0.3 is 0 Å². The summed E-state index contributed by atoms with van der Waals surface area (Å²) in [5, 5.41) is 15.8. The Morgan fingerprint density at radius 2 is 1.86 bits per heavy atom. The number of aromatic nitrogens is 3. The van der Waals surface area contributed by atoms with Gasteiger partial charge in [-0.1, -0.05) is 72.6 Å². The second-order valence-electron chi connectivity index (χ2n) is 8.26. The number of carbonyl (C=O) groups is 2. The molecule has 2 aromatic carbocycles. The van der Waals surface area contributed by atoms with Gasteiger partial charge in [0.05, 0.1) is 22.4 Å². The predicted octanol–water partition coefficient (Wildman–Crippen LogP) is 5.94. The fourth-order valence-corrected chi connectivity index (χ4v) is 4.57. The fraction of sp³-hybridized carbons (Fsp3) is 0.280. The van der Waals surface area contributed by atoms with E-state index >= 15 is 0 Å². The lowest BCUT2D eigenvalue weighted by Crippen LogP contribution is -2.34. The molecule has 184 valence electrons. The van der Waals surface area contributed by atoms with Crippen LogP contribution in [0.4, 0.5) is 5.69 Å². The van der Waals surface area contributed by atoms with E-state index in [1.165, 1.54) is 17.8 Å². The number of rotatable bonds is 10. The molecule has 7 nitrogen and oxygen atoms in total. The minimum absolute atomic E-state index is 0.000442. The number of aryl methyl sites for hydroxylation is 1. The molecule has 1 atom stereocenters. The highest BCUT2D eigenvalue weighted by Gasteiger charge is 2.27. The number of nitrogens with zero attached hydrogens (tertiary/aromatic N) is 3. The summed E-state index contributed by atoms with van der Waals surface area (Å²) >= 11 is 13.4. The summed E-state index contributed by atoms with van der Waals surface area (Å²) in [6, 6.07) is 11.9. The maximum atomic E-state index is 13.0. The Labute approximate surface area is 219 Å². The lowest BCUT2D eigenvalue weighted by molar-refractivity contribution is -0.113. The first-order chi connectivity index (χ1) is 16.7. The van der Waals surface area contributed by atoms with Gasteiger partial charge in [0.1, 0.15) is 0 Å². The number of anilines is 1. The van der Waals surface area contributed by atoms with Gasteiger partial charge < -0.3 is 15.2 Å². The van der Waals surface area contributed by atoms with Crippen molar-refractivity contribution in [1.82, 2.24) is 20.1 Å². The molecule has 0 saturated heterocycles. The maximum absolute atomic E-state index is 13.0. The third kappa shape index (κ3) is 7.10. The summed E-state index contributed by atoms with van der Waals surface area (Å²) in [6.07, 6.45) is 1.72. The van der Waals surface area contributed by atoms with Crippen LogP contribution in [-0.2, 0) is 11.3 Å². The molecular formula is C25H27Cl2N5O2S. The minimum atomic E-state index is -0.447. The first kappa shape index (κ1) is 26.8. The molecule has 0 aliphatic rings. The molecule has 1 aromatic heterocycles.